The molecule has 4 amide bonds. The molecule has 6 aliphatic rings. The number of nitrogens with zero attached hydrogens (tertiary/aromatic N) is 2. The lowest BCUT2D eigenvalue weighted by Gasteiger charge is -2.64. The predicted octanol–water partition coefficient (Wildman–Crippen LogP) is 4.77. The minimum Gasteiger partial charge on any atom is -0.447 e. The average Bonchev–Trinajstić information content (AvgIpc) is 3.79. The summed E-state index contributed by atoms with van der Waals surface area (Å²) in [5, 5.41) is 5.75. The maximum Gasteiger partial charge on any atom is 0.481 e. The fourth-order valence-corrected chi connectivity index (χ4v) is 9.10. The van der Waals surface area contributed by atoms with E-state index in [4.69, 9.17) is 18.8 Å². The van der Waals surface area contributed by atoms with E-state index in [0.29, 0.717) is 31.3 Å². The number of carbonyl (C=O) groups excluding carboxylic acids is 4. The molecule has 5 fully saturated rings. The fourth-order valence-electron chi connectivity index (χ4n) is 9.10. The van der Waals surface area contributed by atoms with Gasteiger partial charge in [0.25, 0.3) is 0 Å². The standard InChI is InChI=1S/C37H54BFN4O8/c1-8-11-29(38-50-28-17-24-16-27(36(24,5)6)37(28,7)51-38)40-31(44)26-18-25(49-34(47)42-19-22-12-9-10-13-23(22)20-42)21-43(26)32(45)30(35(2,3)4)41-33(46)48-15-14-39/h9-10,12-13,24-30H,8,11,14-21H2,1-7H3,(H,40,44)(H,41,46)/t24-,25-,26+,27-,28-,29+,30-,37+/m1/s1. The van der Waals surface area contributed by atoms with Gasteiger partial charge in [-0.3, -0.25) is 14.5 Å². The molecule has 0 unspecified atom stereocenters. The summed E-state index contributed by atoms with van der Waals surface area (Å²) in [4.78, 5) is 57.6. The van der Waals surface area contributed by atoms with Gasteiger partial charge in [0.15, 0.2) is 0 Å². The van der Waals surface area contributed by atoms with Crippen LogP contribution in [0.4, 0.5) is 14.0 Å². The number of ether oxygens (including phenoxy) is 2. The number of fused-ring (bicyclic) bond motifs is 1. The quantitative estimate of drug-likeness (QED) is 0.332. The molecule has 2 bridgehead atoms. The van der Waals surface area contributed by atoms with E-state index in [0.717, 1.165) is 30.4 Å². The van der Waals surface area contributed by atoms with Crippen LogP contribution < -0.4 is 10.6 Å². The second-order valence-corrected chi connectivity index (χ2v) is 16.9. The first kappa shape index (κ1) is 37.4. The van der Waals surface area contributed by atoms with E-state index in [9.17, 15) is 23.6 Å². The van der Waals surface area contributed by atoms with Crippen molar-refractivity contribution < 1.29 is 42.4 Å². The van der Waals surface area contributed by atoms with Crippen molar-refractivity contribution >= 4 is 31.1 Å². The zero-order chi connectivity index (χ0) is 36.9. The minimum atomic E-state index is -1.12. The van der Waals surface area contributed by atoms with Crippen LogP contribution in [0.3, 0.4) is 0 Å². The van der Waals surface area contributed by atoms with Gasteiger partial charge in [-0.2, -0.15) is 0 Å². The van der Waals surface area contributed by atoms with Crippen LogP contribution in [0, 0.1) is 22.7 Å². The normalized spacial score (nSPS) is 30.1. The van der Waals surface area contributed by atoms with E-state index in [1.54, 1.807) is 25.7 Å². The number of amides is 4. The Hall–Kier alpha value is -3.39. The highest BCUT2D eigenvalue weighted by Gasteiger charge is 2.68. The molecule has 3 aliphatic heterocycles. The van der Waals surface area contributed by atoms with Gasteiger partial charge in [-0.05, 0) is 60.0 Å². The Kier molecular flexibility index (Phi) is 10.4. The summed E-state index contributed by atoms with van der Waals surface area (Å²) < 4.78 is 36.9. The van der Waals surface area contributed by atoms with Crippen molar-refractivity contribution in [1.82, 2.24) is 20.4 Å². The third kappa shape index (κ3) is 7.19. The van der Waals surface area contributed by atoms with Gasteiger partial charge in [0.1, 0.15) is 31.5 Å². The lowest BCUT2D eigenvalue weighted by atomic mass is 9.43. The summed E-state index contributed by atoms with van der Waals surface area (Å²) >= 11 is 0. The summed E-state index contributed by atoms with van der Waals surface area (Å²) in [6.45, 7) is 13.5. The van der Waals surface area contributed by atoms with E-state index >= 15 is 0 Å². The average molecular weight is 713 g/mol. The number of benzene rings is 1. The van der Waals surface area contributed by atoms with Gasteiger partial charge >= 0.3 is 19.3 Å². The number of carbonyl (C=O) groups is 4. The highest BCUT2D eigenvalue weighted by Crippen LogP contribution is 2.65. The molecule has 0 aromatic heterocycles. The number of hydrogen-bond acceptors (Lipinski definition) is 8. The Morgan fingerprint density at radius 3 is 2.35 bits per heavy atom. The maximum atomic E-state index is 14.3. The van der Waals surface area contributed by atoms with Gasteiger partial charge in [-0.15, -0.1) is 0 Å². The van der Waals surface area contributed by atoms with Crippen LogP contribution in [0.2, 0.25) is 0 Å². The molecule has 2 N–H and O–H groups in total. The van der Waals surface area contributed by atoms with Crippen LogP contribution in [0.15, 0.2) is 24.3 Å². The lowest BCUT2D eigenvalue weighted by Crippen LogP contribution is -2.65. The number of likely N-dealkylation sites (tertiary alicyclic amines) is 1. The Balaban J connectivity index is 1.20. The van der Waals surface area contributed by atoms with Crippen molar-refractivity contribution in [1.29, 1.82) is 0 Å². The third-order valence-electron chi connectivity index (χ3n) is 12.1. The predicted molar refractivity (Wildman–Crippen MR) is 187 cm³/mol. The third-order valence-corrected chi connectivity index (χ3v) is 12.1. The number of halogens is 1. The van der Waals surface area contributed by atoms with E-state index in [-0.39, 0.29) is 24.5 Å². The molecule has 0 radical (unpaired) electrons. The number of alkyl halides is 1. The molecule has 7 rings (SSSR count). The van der Waals surface area contributed by atoms with Gasteiger partial charge in [0, 0.05) is 19.5 Å². The summed E-state index contributed by atoms with van der Waals surface area (Å²) in [6.07, 6.45) is 1.14. The molecule has 14 heteroatoms. The first-order chi connectivity index (χ1) is 24.1. The van der Waals surface area contributed by atoms with E-state index in [1.165, 1.54) is 4.90 Å². The van der Waals surface area contributed by atoms with Crippen LogP contribution in [-0.4, -0.2) is 96.6 Å². The van der Waals surface area contributed by atoms with E-state index in [2.05, 4.69) is 31.4 Å². The highest BCUT2D eigenvalue weighted by molar-refractivity contribution is 6.47. The molecule has 3 saturated carbocycles. The number of rotatable bonds is 10. The summed E-state index contributed by atoms with van der Waals surface area (Å²) in [7, 11) is -0.649. The van der Waals surface area contributed by atoms with Crippen molar-refractivity contribution in [2.24, 2.45) is 22.7 Å². The highest BCUT2D eigenvalue weighted by atomic mass is 19.1. The SMILES string of the molecule is CCC[C@H](NC(=O)[C@@H]1C[C@@H](OC(=O)N2Cc3ccccc3C2)CN1C(=O)[C@@H](NC(=O)OCCF)C(C)(C)C)B1O[C@@H]2C[C@H]3C[C@H](C3(C)C)[C@]2(C)O1. The molecule has 12 nitrogen and oxygen atoms in total. The fraction of sp³-hybridized carbons (Fsp3) is 0.730. The molecule has 3 aliphatic carbocycles. The van der Waals surface area contributed by atoms with Gasteiger partial charge in [-0.25, -0.2) is 14.0 Å². The summed E-state index contributed by atoms with van der Waals surface area (Å²) in [6, 6.07) is 5.67. The van der Waals surface area contributed by atoms with Gasteiger partial charge < -0.3 is 34.3 Å². The molecule has 2 saturated heterocycles. The zero-order valence-electron chi connectivity index (χ0n) is 31.0. The van der Waals surface area contributed by atoms with Crippen LogP contribution in [0.5, 0.6) is 0 Å². The first-order valence-corrected chi connectivity index (χ1v) is 18.5. The monoisotopic (exact) mass is 712 g/mol. The zero-order valence-corrected chi connectivity index (χ0v) is 31.0. The van der Waals surface area contributed by atoms with Crippen LogP contribution in [-0.2, 0) is 41.5 Å². The Morgan fingerprint density at radius 2 is 1.75 bits per heavy atom. The van der Waals surface area contributed by atoms with Crippen LogP contribution in [0.1, 0.15) is 91.7 Å². The largest absolute Gasteiger partial charge is 0.481 e. The Labute approximate surface area is 300 Å². The minimum absolute atomic E-state index is 0.0512. The summed E-state index contributed by atoms with van der Waals surface area (Å²) in [5.74, 6) is -0.490. The molecule has 8 atom stereocenters. The lowest BCUT2D eigenvalue weighted by molar-refractivity contribution is -0.199. The molecular formula is C37H54BFN4O8. The molecule has 1 aromatic rings. The van der Waals surface area contributed by atoms with E-state index < -0.39 is 79.5 Å². The van der Waals surface area contributed by atoms with Crippen molar-refractivity contribution in [2.45, 2.75) is 129 Å². The second kappa shape index (κ2) is 14.2. The molecule has 0 spiro atoms. The van der Waals surface area contributed by atoms with Crippen molar-refractivity contribution in [2.75, 3.05) is 19.8 Å². The molecule has 3 heterocycles. The summed E-state index contributed by atoms with van der Waals surface area (Å²) in [5.41, 5.74) is 0.992. The molecule has 1 aromatic carbocycles. The van der Waals surface area contributed by atoms with Gasteiger partial charge in [0.05, 0.1) is 24.2 Å². The van der Waals surface area contributed by atoms with Gasteiger partial charge in [-0.1, -0.05) is 72.2 Å². The number of hydrogen-bond donors (Lipinski definition) is 2. The van der Waals surface area contributed by atoms with Crippen molar-refractivity contribution in [3.63, 3.8) is 0 Å². The number of alkyl carbamates (subject to hydrolysis) is 1. The maximum absolute atomic E-state index is 14.3. The smallest absolute Gasteiger partial charge is 0.447 e. The van der Waals surface area contributed by atoms with Crippen molar-refractivity contribution in [3.05, 3.63) is 35.4 Å². The second-order valence-electron chi connectivity index (χ2n) is 16.9. The van der Waals surface area contributed by atoms with Crippen LogP contribution >= 0.6 is 0 Å². The topological polar surface area (TPSA) is 136 Å². The number of nitrogens with one attached hydrogen (secondary N) is 2. The van der Waals surface area contributed by atoms with Crippen molar-refractivity contribution in [3.8, 4) is 0 Å². The van der Waals surface area contributed by atoms with Crippen LogP contribution in [0.25, 0.3) is 0 Å². The Bertz CT molecular complexity index is 1480. The van der Waals surface area contributed by atoms with E-state index in [1.807, 2.05) is 31.2 Å². The Morgan fingerprint density at radius 1 is 1.06 bits per heavy atom. The van der Waals surface area contributed by atoms with Gasteiger partial charge in [0.2, 0.25) is 11.8 Å². The molecule has 280 valence electrons. The molecular weight excluding hydrogens is 658 g/mol. The first-order valence-electron chi connectivity index (χ1n) is 18.5. The molecule has 51 heavy (non-hydrogen) atoms.